The SMILES string of the molecule is Cc1cccc(N2CCN(S(=O)(=O)c3ccc(S(=O)(=O)N(C)Cc4ccccc4)cc3)CC2)c1C. The van der Waals surface area contributed by atoms with E-state index >= 15 is 0 Å². The highest BCUT2D eigenvalue weighted by molar-refractivity contribution is 7.89. The normalized spacial score (nSPS) is 15.5. The zero-order valence-electron chi connectivity index (χ0n) is 20.3. The fourth-order valence-electron chi connectivity index (χ4n) is 4.29. The van der Waals surface area contributed by atoms with Gasteiger partial charge in [0.15, 0.2) is 0 Å². The van der Waals surface area contributed by atoms with Crippen LogP contribution in [-0.2, 0) is 26.6 Å². The molecule has 1 saturated heterocycles. The van der Waals surface area contributed by atoms with Crippen LogP contribution in [0, 0.1) is 13.8 Å². The molecule has 0 bridgehead atoms. The number of sulfonamides is 2. The van der Waals surface area contributed by atoms with Crippen LogP contribution in [0.5, 0.6) is 0 Å². The van der Waals surface area contributed by atoms with E-state index in [9.17, 15) is 16.8 Å². The molecule has 0 N–H and O–H groups in total. The lowest BCUT2D eigenvalue weighted by atomic mass is 10.1. The lowest BCUT2D eigenvalue weighted by molar-refractivity contribution is 0.384. The van der Waals surface area contributed by atoms with Crippen molar-refractivity contribution in [3.8, 4) is 0 Å². The molecule has 1 heterocycles. The predicted octanol–water partition coefficient (Wildman–Crippen LogP) is 3.64. The Morgan fingerprint density at radius 3 is 1.97 bits per heavy atom. The Bertz CT molecular complexity index is 1380. The summed E-state index contributed by atoms with van der Waals surface area (Å²) in [5.74, 6) is 0. The van der Waals surface area contributed by atoms with Gasteiger partial charge in [0.25, 0.3) is 0 Å². The van der Waals surface area contributed by atoms with Gasteiger partial charge in [-0.15, -0.1) is 0 Å². The monoisotopic (exact) mass is 513 g/mol. The Kier molecular flexibility index (Phi) is 7.32. The van der Waals surface area contributed by atoms with Gasteiger partial charge in [0.05, 0.1) is 9.79 Å². The van der Waals surface area contributed by atoms with Gasteiger partial charge in [-0.25, -0.2) is 16.8 Å². The van der Waals surface area contributed by atoms with Crippen LogP contribution in [0.3, 0.4) is 0 Å². The Morgan fingerprint density at radius 2 is 1.34 bits per heavy atom. The van der Waals surface area contributed by atoms with Gasteiger partial charge in [0.1, 0.15) is 0 Å². The molecular formula is C26H31N3O4S2. The maximum atomic E-state index is 13.2. The highest BCUT2D eigenvalue weighted by atomic mass is 32.2. The van der Waals surface area contributed by atoms with Crippen LogP contribution in [0.4, 0.5) is 5.69 Å². The first-order valence-corrected chi connectivity index (χ1v) is 14.4. The second kappa shape index (κ2) is 10.1. The van der Waals surface area contributed by atoms with Gasteiger partial charge in [-0.3, -0.25) is 0 Å². The van der Waals surface area contributed by atoms with Gasteiger partial charge in [0, 0.05) is 45.5 Å². The number of aryl methyl sites for hydroxylation is 1. The minimum absolute atomic E-state index is 0.0645. The molecule has 0 aliphatic carbocycles. The summed E-state index contributed by atoms with van der Waals surface area (Å²) in [5.41, 5.74) is 4.42. The number of hydrogen-bond acceptors (Lipinski definition) is 5. The molecular weight excluding hydrogens is 482 g/mol. The van der Waals surface area contributed by atoms with Crippen molar-refractivity contribution >= 4 is 25.7 Å². The molecule has 7 nitrogen and oxygen atoms in total. The number of rotatable bonds is 7. The lowest BCUT2D eigenvalue weighted by Gasteiger charge is -2.36. The molecule has 0 unspecified atom stereocenters. The van der Waals surface area contributed by atoms with Gasteiger partial charge in [-0.05, 0) is 60.9 Å². The lowest BCUT2D eigenvalue weighted by Crippen LogP contribution is -2.48. The molecule has 186 valence electrons. The Morgan fingerprint density at radius 1 is 0.743 bits per heavy atom. The molecule has 9 heteroatoms. The standard InChI is InChI=1S/C26H31N3O4S2/c1-21-8-7-11-26(22(21)2)28-16-18-29(19-17-28)35(32,33)25-14-12-24(13-15-25)34(30,31)27(3)20-23-9-5-4-6-10-23/h4-15H,16-20H2,1-3H3. The van der Waals surface area contributed by atoms with E-state index in [0.717, 1.165) is 11.3 Å². The highest BCUT2D eigenvalue weighted by Gasteiger charge is 2.30. The summed E-state index contributed by atoms with van der Waals surface area (Å²) < 4.78 is 55.2. The molecule has 0 amide bonds. The predicted molar refractivity (Wildman–Crippen MR) is 138 cm³/mol. The van der Waals surface area contributed by atoms with E-state index in [1.807, 2.05) is 36.4 Å². The Labute approximate surface area is 208 Å². The fourth-order valence-corrected chi connectivity index (χ4v) is 6.87. The van der Waals surface area contributed by atoms with E-state index in [1.54, 1.807) is 0 Å². The van der Waals surface area contributed by atoms with E-state index < -0.39 is 20.0 Å². The topological polar surface area (TPSA) is 78.0 Å². The summed E-state index contributed by atoms with van der Waals surface area (Å²) in [6.07, 6.45) is 0. The summed E-state index contributed by atoms with van der Waals surface area (Å²) in [5, 5.41) is 0. The number of benzene rings is 3. The Balaban J connectivity index is 1.45. The molecule has 0 atom stereocenters. The van der Waals surface area contributed by atoms with E-state index in [4.69, 9.17) is 0 Å². The average Bonchev–Trinajstić information content (AvgIpc) is 2.86. The van der Waals surface area contributed by atoms with Gasteiger partial charge in [0.2, 0.25) is 20.0 Å². The minimum Gasteiger partial charge on any atom is -0.369 e. The molecule has 1 aliphatic heterocycles. The largest absolute Gasteiger partial charge is 0.369 e. The van der Waals surface area contributed by atoms with E-state index in [1.165, 1.54) is 51.1 Å². The second-order valence-corrected chi connectivity index (χ2v) is 12.8. The summed E-state index contributed by atoms with van der Waals surface area (Å²) in [6, 6.07) is 21.0. The third-order valence-electron chi connectivity index (χ3n) is 6.57. The zero-order chi connectivity index (χ0) is 25.2. The third-order valence-corrected chi connectivity index (χ3v) is 10.3. The summed E-state index contributed by atoms with van der Waals surface area (Å²) in [7, 11) is -5.95. The number of piperazine rings is 1. The van der Waals surface area contributed by atoms with Gasteiger partial charge in [-0.2, -0.15) is 8.61 Å². The van der Waals surface area contributed by atoms with Crippen LogP contribution in [0.25, 0.3) is 0 Å². The quantitative estimate of drug-likeness (QED) is 0.482. The summed E-state index contributed by atoms with van der Waals surface area (Å²) in [6.45, 7) is 6.32. The van der Waals surface area contributed by atoms with Crippen molar-refractivity contribution in [2.45, 2.75) is 30.2 Å². The molecule has 1 aliphatic rings. The molecule has 0 aromatic heterocycles. The van der Waals surface area contributed by atoms with Crippen LogP contribution < -0.4 is 4.90 Å². The van der Waals surface area contributed by atoms with Crippen molar-refractivity contribution in [2.24, 2.45) is 0 Å². The zero-order valence-corrected chi connectivity index (χ0v) is 21.9. The Hall–Kier alpha value is -2.72. The summed E-state index contributed by atoms with van der Waals surface area (Å²) in [4.78, 5) is 2.38. The van der Waals surface area contributed by atoms with Crippen LogP contribution in [0.1, 0.15) is 16.7 Å². The molecule has 0 spiro atoms. The van der Waals surface area contributed by atoms with E-state index in [0.29, 0.717) is 26.2 Å². The highest BCUT2D eigenvalue weighted by Crippen LogP contribution is 2.26. The molecule has 3 aromatic carbocycles. The van der Waals surface area contributed by atoms with Crippen molar-refractivity contribution in [3.05, 3.63) is 89.5 Å². The number of anilines is 1. The van der Waals surface area contributed by atoms with Gasteiger partial charge < -0.3 is 4.90 Å². The third kappa shape index (κ3) is 5.28. The van der Waals surface area contributed by atoms with Crippen molar-refractivity contribution in [1.82, 2.24) is 8.61 Å². The number of nitrogens with zero attached hydrogens (tertiary/aromatic N) is 3. The first-order chi connectivity index (χ1) is 16.6. The van der Waals surface area contributed by atoms with E-state index in [2.05, 4.69) is 30.9 Å². The van der Waals surface area contributed by atoms with Crippen molar-refractivity contribution in [3.63, 3.8) is 0 Å². The van der Waals surface area contributed by atoms with Gasteiger partial charge >= 0.3 is 0 Å². The smallest absolute Gasteiger partial charge is 0.243 e. The van der Waals surface area contributed by atoms with Crippen LogP contribution in [-0.4, -0.2) is 58.7 Å². The maximum Gasteiger partial charge on any atom is 0.243 e. The second-order valence-electron chi connectivity index (χ2n) is 8.83. The van der Waals surface area contributed by atoms with E-state index in [-0.39, 0.29) is 16.3 Å². The van der Waals surface area contributed by atoms with Crippen LogP contribution >= 0.6 is 0 Å². The number of hydrogen-bond donors (Lipinski definition) is 0. The van der Waals surface area contributed by atoms with Crippen molar-refractivity contribution < 1.29 is 16.8 Å². The maximum absolute atomic E-state index is 13.2. The molecule has 0 radical (unpaired) electrons. The van der Waals surface area contributed by atoms with Crippen molar-refractivity contribution in [1.29, 1.82) is 0 Å². The molecule has 4 rings (SSSR count). The first kappa shape index (κ1) is 25.4. The summed E-state index contributed by atoms with van der Waals surface area (Å²) >= 11 is 0. The van der Waals surface area contributed by atoms with Crippen molar-refractivity contribution in [2.75, 3.05) is 38.1 Å². The molecule has 0 saturated carbocycles. The average molecular weight is 514 g/mol. The van der Waals surface area contributed by atoms with Crippen LogP contribution in [0.2, 0.25) is 0 Å². The van der Waals surface area contributed by atoms with Crippen LogP contribution in [0.15, 0.2) is 82.6 Å². The molecule has 1 fully saturated rings. The minimum atomic E-state index is -3.75. The molecule has 3 aromatic rings. The molecule has 35 heavy (non-hydrogen) atoms. The first-order valence-electron chi connectivity index (χ1n) is 11.5. The van der Waals surface area contributed by atoms with Gasteiger partial charge in [-0.1, -0.05) is 42.5 Å². The fraction of sp³-hybridized carbons (Fsp3) is 0.308.